The third kappa shape index (κ3) is 4.59. The Bertz CT molecular complexity index is 707. The second kappa shape index (κ2) is 7.99. The number of nitrogens with zero attached hydrogens (tertiary/aromatic N) is 3. The summed E-state index contributed by atoms with van der Waals surface area (Å²) in [6.45, 7) is 3.77. The molecule has 0 aliphatic carbocycles. The molecule has 0 atom stereocenters. The fourth-order valence-electron chi connectivity index (χ4n) is 2.90. The average molecular weight is 365 g/mol. The number of morpholine rings is 1. The SMILES string of the molecule is O=C(N1CCOCC1)N1CCN(S(=O)(=O)C=Cc2ccccc2)CC1. The molecule has 8 heteroatoms. The lowest BCUT2D eigenvalue weighted by Crippen LogP contribution is -2.55. The summed E-state index contributed by atoms with van der Waals surface area (Å²) in [5.41, 5.74) is 0.840. The Hall–Kier alpha value is -1.90. The Morgan fingerprint density at radius 3 is 2.16 bits per heavy atom. The molecule has 7 nitrogen and oxygen atoms in total. The number of benzene rings is 1. The van der Waals surface area contributed by atoms with Gasteiger partial charge in [-0.15, -0.1) is 0 Å². The summed E-state index contributed by atoms with van der Waals surface area (Å²) in [5, 5.41) is 1.24. The molecule has 0 N–H and O–H groups in total. The molecule has 2 aliphatic heterocycles. The topological polar surface area (TPSA) is 70.2 Å². The van der Waals surface area contributed by atoms with Gasteiger partial charge in [-0.3, -0.25) is 0 Å². The highest BCUT2D eigenvalue weighted by molar-refractivity contribution is 7.92. The van der Waals surface area contributed by atoms with Crippen LogP contribution in [0, 0.1) is 0 Å². The maximum absolute atomic E-state index is 12.4. The van der Waals surface area contributed by atoms with Crippen molar-refractivity contribution in [3.63, 3.8) is 0 Å². The van der Waals surface area contributed by atoms with E-state index < -0.39 is 10.0 Å². The Labute approximate surface area is 148 Å². The number of sulfonamides is 1. The Morgan fingerprint density at radius 1 is 0.920 bits per heavy atom. The number of amides is 2. The maximum atomic E-state index is 12.4. The fourth-order valence-corrected chi connectivity index (χ4v) is 4.08. The fraction of sp³-hybridized carbons (Fsp3) is 0.471. The van der Waals surface area contributed by atoms with Crippen LogP contribution in [0.25, 0.3) is 6.08 Å². The lowest BCUT2D eigenvalue weighted by molar-refractivity contribution is 0.0405. The normalized spacial score (nSPS) is 20.2. The molecule has 2 heterocycles. The second-order valence-corrected chi connectivity index (χ2v) is 7.84. The van der Waals surface area contributed by atoms with E-state index in [1.165, 1.54) is 9.71 Å². The zero-order valence-electron chi connectivity index (χ0n) is 14.1. The molecule has 0 saturated carbocycles. The van der Waals surface area contributed by atoms with E-state index in [1.807, 2.05) is 30.3 Å². The third-order valence-corrected chi connectivity index (χ3v) is 5.95. The number of carbonyl (C=O) groups is 1. The molecule has 0 radical (unpaired) electrons. The number of hydrogen-bond donors (Lipinski definition) is 0. The Morgan fingerprint density at radius 2 is 1.52 bits per heavy atom. The van der Waals surface area contributed by atoms with Crippen LogP contribution in [-0.4, -0.2) is 81.0 Å². The minimum absolute atomic E-state index is 0.0276. The standard InChI is InChI=1S/C17H23N3O4S/c21-17(19-11-13-24-14-12-19)18-7-9-20(10-8-18)25(22,23)15-6-16-4-2-1-3-5-16/h1-6,15H,7-14H2. The number of piperazine rings is 1. The summed E-state index contributed by atoms with van der Waals surface area (Å²) in [6.07, 6.45) is 1.60. The van der Waals surface area contributed by atoms with Gasteiger partial charge in [0.25, 0.3) is 0 Å². The van der Waals surface area contributed by atoms with Crippen LogP contribution in [0.15, 0.2) is 35.7 Å². The van der Waals surface area contributed by atoms with Gasteiger partial charge in [0.05, 0.1) is 13.2 Å². The molecule has 1 aromatic carbocycles. The van der Waals surface area contributed by atoms with Gasteiger partial charge in [-0.1, -0.05) is 30.3 Å². The molecule has 0 aromatic heterocycles. The van der Waals surface area contributed by atoms with Gasteiger partial charge in [-0.05, 0) is 11.6 Å². The molecule has 0 bridgehead atoms. The van der Waals surface area contributed by atoms with Crippen LogP contribution in [0.4, 0.5) is 4.79 Å². The van der Waals surface area contributed by atoms with Crippen molar-refractivity contribution in [3.05, 3.63) is 41.3 Å². The Kier molecular flexibility index (Phi) is 5.72. The summed E-state index contributed by atoms with van der Waals surface area (Å²) in [5.74, 6) is 0. The summed E-state index contributed by atoms with van der Waals surface area (Å²) in [7, 11) is -3.47. The largest absolute Gasteiger partial charge is 0.378 e. The van der Waals surface area contributed by atoms with Gasteiger partial charge in [0.1, 0.15) is 0 Å². The second-order valence-electron chi connectivity index (χ2n) is 6.03. The molecule has 0 unspecified atom stereocenters. The van der Waals surface area contributed by atoms with Crippen molar-refractivity contribution < 1.29 is 17.9 Å². The number of urea groups is 1. The van der Waals surface area contributed by atoms with Crippen molar-refractivity contribution in [2.75, 3.05) is 52.5 Å². The first-order chi connectivity index (χ1) is 12.1. The summed E-state index contributed by atoms with van der Waals surface area (Å²) < 4.78 is 31.6. The number of carbonyl (C=O) groups excluding carboxylic acids is 1. The Balaban J connectivity index is 1.56. The molecule has 0 spiro atoms. The molecule has 25 heavy (non-hydrogen) atoms. The van der Waals surface area contributed by atoms with Gasteiger partial charge in [-0.2, -0.15) is 4.31 Å². The van der Waals surface area contributed by atoms with E-state index in [-0.39, 0.29) is 6.03 Å². The van der Waals surface area contributed by atoms with Crippen LogP contribution in [0.2, 0.25) is 0 Å². The van der Waals surface area contributed by atoms with Crippen LogP contribution in [0.1, 0.15) is 5.56 Å². The molecular weight excluding hydrogens is 342 g/mol. The van der Waals surface area contributed by atoms with Gasteiger partial charge in [0.2, 0.25) is 10.0 Å². The molecule has 136 valence electrons. The van der Waals surface area contributed by atoms with Gasteiger partial charge >= 0.3 is 6.03 Å². The van der Waals surface area contributed by atoms with Crippen LogP contribution in [0.3, 0.4) is 0 Å². The maximum Gasteiger partial charge on any atom is 0.320 e. The average Bonchev–Trinajstić information content (AvgIpc) is 2.67. The van der Waals surface area contributed by atoms with E-state index in [0.717, 1.165) is 5.56 Å². The lowest BCUT2D eigenvalue weighted by atomic mass is 10.2. The molecule has 2 amide bonds. The van der Waals surface area contributed by atoms with Crippen LogP contribution >= 0.6 is 0 Å². The van der Waals surface area contributed by atoms with Crippen molar-refractivity contribution in [2.45, 2.75) is 0 Å². The monoisotopic (exact) mass is 365 g/mol. The summed E-state index contributed by atoms with van der Waals surface area (Å²) >= 11 is 0. The van der Waals surface area contributed by atoms with E-state index >= 15 is 0 Å². The van der Waals surface area contributed by atoms with E-state index in [2.05, 4.69) is 0 Å². The minimum Gasteiger partial charge on any atom is -0.378 e. The van der Waals surface area contributed by atoms with E-state index in [1.54, 1.807) is 15.9 Å². The molecular formula is C17H23N3O4S. The first-order valence-electron chi connectivity index (χ1n) is 8.41. The number of ether oxygens (including phenoxy) is 1. The molecule has 2 fully saturated rings. The predicted octanol–water partition coefficient (Wildman–Crippen LogP) is 1.06. The quantitative estimate of drug-likeness (QED) is 0.803. The van der Waals surface area contributed by atoms with E-state index in [9.17, 15) is 13.2 Å². The van der Waals surface area contributed by atoms with Gasteiger partial charge in [0.15, 0.2) is 0 Å². The number of hydrogen-bond acceptors (Lipinski definition) is 4. The zero-order chi connectivity index (χ0) is 17.7. The van der Waals surface area contributed by atoms with Crippen molar-refractivity contribution in [1.29, 1.82) is 0 Å². The zero-order valence-corrected chi connectivity index (χ0v) is 14.9. The van der Waals surface area contributed by atoms with E-state index in [4.69, 9.17) is 4.74 Å². The van der Waals surface area contributed by atoms with E-state index in [0.29, 0.717) is 52.5 Å². The van der Waals surface area contributed by atoms with Crippen LogP contribution in [0.5, 0.6) is 0 Å². The first-order valence-corrected chi connectivity index (χ1v) is 9.91. The van der Waals surface area contributed by atoms with Crippen molar-refractivity contribution in [1.82, 2.24) is 14.1 Å². The van der Waals surface area contributed by atoms with Gasteiger partial charge < -0.3 is 14.5 Å². The highest BCUT2D eigenvalue weighted by atomic mass is 32.2. The highest BCUT2D eigenvalue weighted by Crippen LogP contribution is 2.13. The van der Waals surface area contributed by atoms with Crippen LogP contribution < -0.4 is 0 Å². The van der Waals surface area contributed by atoms with Crippen molar-refractivity contribution >= 4 is 22.1 Å². The highest BCUT2D eigenvalue weighted by Gasteiger charge is 2.30. The lowest BCUT2D eigenvalue weighted by Gasteiger charge is -2.37. The number of rotatable bonds is 3. The third-order valence-electron chi connectivity index (χ3n) is 4.38. The molecule has 2 aliphatic rings. The molecule has 3 rings (SSSR count). The van der Waals surface area contributed by atoms with Gasteiger partial charge in [-0.25, -0.2) is 13.2 Å². The van der Waals surface area contributed by atoms with Gasteiger partial charge in [0, 0.05) is 44.7 Å². The predicted molar refractivity (Wildman–Crippen MR) is 95.3 cm³/mol. The smallest absolute Gasteiger partial charge is 0.320 e. The summed E-state index contributed by atoms with van der Waals surface area (Å²) in [6, 6.07) is 9.29. The molecule has 2 saturated heterocycles. The first kappa shape index (κ1) is 17.9. The van der Waals surface area contributed by atoms with Crippen molar-refractivity contribution in [2.24, 2.45) is 0 Å². The minimum atomic E-state index is -3.47. The summed E-state index contributed by atoms with van der Waals surface area (Å²) in [4.78, 5) is 15.9. The molecule has 1 aromatic rings. The van der Waals surface area contributed by atoms with Crippen LogP contribution in [-0.2, 0) is 14.8 Å². The van der Waals surface area contributed by atoms with Crippen molar-refractivity contribution in [3.8, 4) is 0 Å².